The third-order valence-electron chi connectivity index (χ3n) is 2.79. The number of fused-ring (bicyclic) bond motifs is 1. The van der Waals surface area contributed by atoms with Gasteiger partial charge >= 0.3 is 0 Å². The lowest BCUT2D eigenvalue weighted by Gasteiger charge is -2.05. The van der Waals surface area contributed by atoms with Gasteiger partial charge in [0.1, 0.15) is 5.04 Å². The number of nitrogens with zero attached hydrogens (tertiary/aromatic N) is 1. The lowest BCUT2D eigenvalue weighted by Crippen LogP contribution is -2.13. The number of Topliss-reactive ketones (excluding diaryl/α,β-unsaturated/α-hetero) is 1. The molecule has 0 fully saturated rings. The maximum absolute atomic E-state index is 12.2. The zero-order chi connectivity index (χ0) is 12.5. The van der Waals surface area contributed by atoms with Crippen molar-refractivity contribution in [2.45, 2.75) is 5.25 Å². The first-order chi connectivity index (χ1) is 8.75. The molecule has 0 bridgehead atoms. The molecule has 0 saturated heterocycles. The summed E-state index contributed by atoms with van der Waals surface area (Å²) in [6.07, 6.45) is 4.62. The Hall–Kier alpha value is -1.94. The van der Waals surface area contributed by atoms with Gasteiger partial charge in [0.15, 0.2) is 11.6 Å². The Kier molecular flexibility index (Phi) is 2.72. The number of hydrogen-bond acceptors (Lipinski definition) is 4. The van der Waals surface area contributed by atoms with Gasteiger partial charge in [0.25, 0.3) is 0 Å². The monoisotopic (exact) mass is 255 g/mol. The van der Waals surface area contributed by atoms with E-state index in [2.05, 4.69) is 4.99 Å². The third kappa shape index (κ3) is 1.84. The van der Waals surface area contributed by atoms with Gasteiger partial charge < -0.3 is 0 Å². The van der Waals surface area contributed by atoms with Crippen molar-refractivity contribution in [3.05, 3.63) is 59.8 Å². The quantitative estimate of drug-likeness (QED) is 0.762. The molecule has 0 N–H and O–H groups in total. The first-order valence-electron chi connectivity index (χ1n) is 5.52. The topological polar surface area (TPSA) is 46.5 Å². The van der Waals surface area contributed by atoms with Crippen molar-refractivity contribution in [2.24, 2.45) is 4.99 Å². The summed E-state index contributed by atoms with van der Waals surface area (Å²) in [4.78, 5) is 28.0. The Morgan fingerprint density at radius 2 is 2.00 bits per heavy atom. The molecule has 1 atom stereocenters. The molecule has 0 saturated carbocycles. The predicted molar refractivity (Wildman–Crippen MR) is 71.8 cm³/mol. The van der Waals surface area contributed by atoms with Gasteiger partial charge in [-0.15, -0.1) is 0 Å². The molecule has 0 radical (unpaired) electrons. The molecule has 0 amide bonds. The summed E-state index contributed by atoms with van der Waals surface area (Å²) in [5.41, 5.74) is 1.21. The van der Waals surface area contributed by atoms with E-state index in [-0.39, 0.29) is 16.8 Å². The van der Waals surface area contributed by atoms with E-state index >= 15 is 0 Å². The number of ketones is 2. The van der Waals surface area contributed by atoms with Crippen molar-refractivity contribution in [2.75, 3.05) is 0 Å². The Morgan fingerprint density at radius 1 is 1.22 bits per heavy atom. The maximum Gasteiger partial charge on any atom is 0.189 e. The van der Waals surface area contributed by atoms with Crippen LogP contribution in [-0.2, 0) is 4.79 Å². The third-order valence-corrected chi connectivity index (χ3v) is 3.94. The zero-order valence-electron chi connectivity index (χ0n) is 9.37. The van der Waals surface area contributed by atoms with Gasteiger partial charge in [-0.2, -0.15) is 0 Å². The summed E-state index contributed by atoms with van der Waals surface area (Å²) in [6.45, 7) is 0. The Bertz CT molecular complexity index is 614. The van der Waals surface area contributed by atoms with Crippen LogP contribution in [0, 0.1) is 0 Å². The highest BCUT2D eigenvalue weighted by atomic mass is 32.2. The average molecular weight is 255 g/mol. The van der Waals surface area contributed by atoms with E-state index in [1.165, 1.54) is 24.0 Å². The van der Waals surface area contributed by atoms with E-state index in [1.54, 1.807) is 18.2 Å². The SMILES string of the molecule is O=C1C=CN=C2SC(C(=O)c3ccccc3)C=C12. The normalized spacial score (nSPS) is 21.3. The number of rotatable bonds is 2. The summed E-state index contributed by atoms with van der Waals surface area (Å²) >= 11 is 1.34. The van der Waals surface area contributed by atoms with Crippen LogP contribution in [-0.4, -0.2) is 21.9 Å². The predicted octanol–water partition coefficient (Wildman–Crippen LogP) is 2.41. The Morgan fingerprint density at radius 3 is 2.72 bits per heavy atom. The van der Waals surface area contributed by atoms with E-state index in [9.17, 15) is 9.59 Å². The van der Waals surface area contributed by atoms with Crippen molar-refractivity contribution >= 4 is 28.4 Å². The molecule has 2 heterocycles. The fourth-order valence-electron chi connectivity index (χ4n) is 1.89. The molecule has 3 rings (SSSR count). The molecule has 1 unspecified atom stereocenters. The molecular weight excluding hydrogens is 246 g/mol. The van der Waals surface area contributed by atoms with E-state index in [0.29, 0.717) is 16.2 Å². The molecule has 2 aliphatic rings. The minimum Gasteiger partial charge on any atom is -0.293 e. The van der Waals surface area contributed by atoms with Gasteiger partial charge in [0.05, 0.1) is 10.8 Å². The fraction of sp³-hybridized carbons (Fsp3) is 0.0714. The van der Waals surface area contributed by atoms with E-state index in [0.717, 1.165) is 0 Å². The second-order valence-electron chi connectivity index (χ2n) is 3.96. The number of hydrogen-bond donors (Lipinski definition) is 0. The lowest BCUT2D eigenvalue weighted by atomic mass is 10.0. The highest BCUT2D eigenvalue weighted by molar-refractivity contribution is 8.16. The second kappa shape index (κ2) is 4.38. The van der Waals surface area contributed by atoms with Crippen LogP contribution in [0.5, 0.6) is 0 Å². The first-order valence-corrected chi connectivity index (χ1v) is 6.40. The summed E-state index contributed by atoms with van der Waals surface area (Å²) in [7, 11) is 0. The second-order valence-corrected chi connectivity index (χ2v) is 5.09. The van der Waals surface area contributed by atoms with Crippen LogP contribution < -0.4 is 0 Å². The summed E-state index contributed by atoms with van der Waals surface area (Å²) in [5, 5.41) is 0.307. The van der Waals surface area contributed by atoms with Crippen molar-refractivity contribution in [1.82, 2.24) is 0 Å². The van der Waals surface area contributed by atoms with Gasteiger partial charge in [-0.25, -0.2) is 4.99 Å². The molecule has 0 spiro atoms. The largest absolute Gasteiger partial charge is 0.293 e. The molecule has 1 aromatic carbocycles. The summed E-state index contributed by atoms with van der Waals surface area (Å²) in [5.74, 6) is -0.0612. The minimum atomic E-state index is -0.343. The van der Waals surface area contributed by atoms with Gasteiger partial charge in [-0.05, 0) is 6.08 Å². The van der Waals surface area contributed by atoms with E-state index < -0.39 is 0 Å². The van der Waals surface area contributed by atoms with Gasteiger partial charge in [0.2, 0.25) is 0 Å². The number of carbonyl (C=O) groups excluding carboxylic acids is 2. The highest BCUT2D eigenvalue weighted by Crippen LogP contribution is 2.33. The zero-order valence-corrected chi connectivity index (χ0v) is 10.2. The number of allylic oxidation sites excluding steroid dienone is 1. The van der Waals surface area contributed by atoms with Gasteiger partial charge in [-0.1, -0.05) is 42.1 Å². The lowest BCUT2D eigenvalue weighted by molar-refractivity contribution is -0.110. The minimum absolute atomic E-state index is 0.0120. The number of carbonyl (C=O) groups is 2. The van der Waals surface area contributed by atoms with Crippen molar-refractivity contribution in [3.63, 3.8) is 0 Å². The number of thioether (sulfide) groups is 1. The summed E-state index contributed by atoms with van der Waals surface area (Å²) < 4.78 is 0. The van der Waals surface area contributed by atoms with Crippen molar-refractivity contribution in [3.8, 4) is 0 Å². The number of benzene rings is 1. The van der Waals surface area contributed by atoms with Crippen LogP contribution in [0.15, 0.2) is 59.2 Å². The van der Waals surface area contributed by atoms with Crippen LogP contribution in [0.4, 0.5) is 0 Å². The Balaban J connectivity index is 1.89. The smallest absolute Gasteiger partial charge is 0.189 e. The standard InChI is InChI=1S/C14H9NO2S/c16-11-6-7-15-14-10(11)8-12(18-14)13(17)9-4-2-1-3-5-9/h1-8,12H. The van der Waals surface area contributed by atoms with Crippen LogP contribution >= 0.6 is 11.8 Å². The van der Waals surface area contributed by atoms with Crippen LogP contribution in [0.25, 0.3) is 0 Å². The van der Waals surface area contributed by atoms with Gasteiger partial charge in [0, 0.05) is 17.8 Å². The first kappa shape index (κ1) is 11.2. The molecule has 0 aromatic heterocycles. The molecular formula is C14H9NO2S. The van der Waals surface area contributed by atoms with Crippen molar-refractivity contribution < 1.29 is 9.59 Å². The van der Waals surface area contributed by atoms with Crippen LogP contribution in [0.1, 0.15) is 10.4 Å². The molecule has 88 valence electrons. The molecule has 4 heteroatoms. The fourth-order valence-corrected chi connectivity index (χ4v) is 2.99. The average Bonchev–Trinajstić information content (AvgIpc) is 2.84. The van der Waals surface area contributed by atoms with E-state index in [1.807, 2.05) is 18.2 Å². The molecule has 1 aromatic rings. The van der Waals surface area contributed by atoms with Gasteiger partial charge in [-0.3, -0.25) is 9.59 Å². The molecule has 0 aliphatic carbocycles. The Labute approximate surface area is 108 Å². The van der Waals surface area contributed by atoms with E-state index in [4.69, 9.17) is 0 Å². The highest BCUT2D eigenvalue weighted by Gasteiger charge is 2.32. The summed E-state index contributed by atoms with van der Waals surface area (Å²) in [6, 6.07) is 9.10. The molecule has 18 heavy (non-hydrogen) atoms. The van der Waals surface area contributed by atoms with Crippen molar-refractivity contribution in [1.29, 1.82) is 0 Å². The molecule has 3 nitrogen and oxygen atoms in total. The number of aliphatic imine (C=N–C) groups is 1. The van der Waals surface area contributed by atoms with Crippen LogP contribution in [0.2, 0.25) is 0 Å². The maximum atomic E-state index is 12.2. The van der Waals surface area contributed by atoms with Crippen LogP contribution in [0.3, 0.4) is 0 Å². The molecule has 2 aliphatic heterocycles.